The van der Waals surface area contributed by atoms with E-state index in [0.29, 0.717) is 36.5 Å². The highest BCUT2D eigenvalue weighted by atomic mass is 16.6. The van der Waals surface area contributed by atoms with E-state index in [-0.39, 0.29) is 11.9 Å². The van der Waals surface area contributed by atoms with Gasteiger partial charge in [0.25, 0.3) is 0 Å². The lowest BCUT2D eigenvalue weighted by Gasteiger charge is -2.37. The number of hydrogen-bond acceptors (Lipinski definition) is 3. The molecule has 2 aliphatic carbocycles. The number of nitrogens with one attached hydrogen (secondary N) is 1. The molecule has 4 heteroatoms. The van der Waals surface area contributed by atoms with Gasteiger partial charge in [-0.15, -0.1) is 0 Å². The van der Waals surface area contributed by atoms with Crippen molar-refractivity contribution in [2.24, 2.45) is 17.8 Å². The molecule has 0 spiro atoms. The molecule has 2 saturated carbocycles. The second-order valence-electron chi connectivity index (χ2n) is 8.82. The Hall–Kier alpha value is -1.84. The van der Waals surface area contributed by atoms with Crippen molar-refractivity contribution >= 4 is 11.9 Å². The van der Waals surface area contributed by atoms with E-state index in [9.17, 15) is 9.59 Å². The lowest BCUT2D eigenvalue weighted by atomic mass is 9.75. The fraction of sp³-hybridized carbons (Fsp3) is 0.652. The molecule has 27 heavy (non-hydrogen) atoms. The monoisotopic (exact) mass is 371 g/mol. The van der Waals surface area contributed by atoms with E-state index >= 15 is 0 Å². The first-order valence-corrected chi connectivity index (χ1v) is 10.5. The number of hydrogen-bond donors (Lipinski definition) is 1. The van der Waals surface area contributed by atoms with Gasteiger partial charge in [-0.25, -0.2) is 4.79 Å². The molecule has 0 bridgehead atoms. The molecule has 0 radical (unpaired) electrons. The summed E-state index contributed by atoms with van der Waals surface area (Å²) in [6, 6.07) is 9.83. The SMILES string of the molecule is CC(C)[C@@H]1CC[C@@H](C)C[C@@H]1OC(=O)N[C@H]1C[C@@H](c2ccccc2)CCC1=O. The topological polar surface area (TPSA) is 55.4 Å². The summed E-state index contributed by atoms with van der Waals surface area (Å²) in [5.41, 5.74) is 1.24. The normalized spacial score (nSPS) is 31.6. The second-order valence-corrected chi connectivity index (χ2v) is 8.82. The Morgan fingerprint density at radius 2 is 1.85 bits per heavy atom. The van der Waals surface area contributed by atoms with E-state index in [0.717, 1.165) is 19.3 Å². The molecule has 5 atom stereocenters. The Morgan fingerprint density at radius 3 is 2.56 bits per heavy atom. The first-order valence-electron chi connectivity index (χ1n) is 10.5. The fourth-order valence-electron chi connectivity index (χ4n) is 4.76. The number of carbonyl (C=O) groups is 2. The van der Waals surface area contributed by atoms with Gasteiger partial charge >= 0.3 is 6.09 Å². The van der Waals surface area contributed by atoms with Crippen LogP contribution < -0.4 is 5.32 Å². The van der Waals surface area contributed by atoms with Crippen LogP contribution in [0, 0.1) is 17.8 Å². The highest BCUT2D eigenvalue weighted by molar-refractivity contribution is 5.88. The zero-order valence-corrected chi connectivity index (χ0v) is 16.8. The van der Waals surface area contributed by atoms with Crippen molar-refractivity contribution in [1.82, 2.24) is 5.32 Å². The average molecular weight is 372 g/mol. The molecule has 3 rings (SSSR count). The number of ketones is 1. The number of ether oxygens (including phenoxy) is 1. The van der Waals surface area contributed by atoms with Gasteiger partial charge in [-0.3, -0.25) is 4.79 Å². The summed E-state index contributed by atoms with van der Waals surface area (Å²) in [6.45, 7) is 6.62. The van der Waals surface area contributed by atoms with E-state index < -0.39 is 12.1 Å². The molecule has 148 valence electrons. The zero-order chi connectivity index (χ0) is 19.4. The predicted octanol–water partition coefficient (Wildman–Crippen LogP) is 5.08. The molecule has 0 aromatic heterocycles. The third-order valence-corrected chi connectivity index (χ3v) is 6.43. The van der Waals surface area contributed by atoms with E-state index in [4.69, 9.17) is 4.74 Å². The summed E-state index contributed by atoms with van der Waals surface area (Å²) < 4.78 is 5.83. The smallest absolute Gasteiger partial charge is 0.408 e. The van der Waals surface area contributed by atoms with Crippen LogP contribution in [0.5, 0.6) is 0 Å². The first-order chi connectivity index (χ1) is 12.9. The molecule has 1 aromatic rings. The van der Waals surface area contributed by atoms with Crippen LogP contribution in [0.25, 0.3) is 0 Å². The molecular formula is C23H33NO3. The molecule has 1 aromatic carbocycles. The minimum atomic E-state index is -0.435. The standard InChI is InChI=1S/C23H33NO3/c1-15(2)19-11-9-16(3)13-22(19)27-23(26)24-20-14-18(10-12-21(20)25)17-7-5-4-6-8-17/h4-8,15-16,18-20,22H,9-14H2,1-3H3,(H,24,26)/t16-,18+,19+,20+,22+/m1/s1. The fourth-order valence-corrected chi connectivity index (χ4v) is 4.76. The summed E-state index contributed by atoms with van der Waals surface area (Å²) in [4.78, 5) is 24.9. The lowest BCUT2D eigenvalue weighted by Crippen LogP contribution is -2.46. The average Bonchev–Trinajstić information content (AvgIpc) is 2.64. The maximum atomic E-state index is 12.6. The number of Topliss-reactive ketones (excluding diaryl/α,β-unsaturated/α-hetero) is 1. The van der Waals surface area contributed by atoms with Gasteiger partial charge in [0.2, 0.25) is 0 Å². The van der Waals surface area contributed by atoms with E-state index in [1.807, 2.05) is 18.2 Å². The number of alkyl carbamates (subject to hydrolysis) is 1. The van der Waals surface area contributed by atoms with Crippen LogP contribution in [-0.2, 0) is 9.53 Å². The van der Waals surface area contributed by atoms with Crippen molar-refractivity contribution in [3.8, 4) is 0 Å². The summed E-state index contributed by atoms with van der Waals surface area (Å²) in [5, 5.41) is 2.88. The van der Waals surface area contributed by atoms with Crippen LogP contribution >= 0.6 is 0 Å². The molecule has 0 unspecified atom stereocenters. The van der Waals surface area contributed by atoms with Crippen LogP contribution in [0.15, 0.2) is 30.3 Å². The number of rotatable bonds is 4. The van der Waals surface area contributed by atoms with Crippen LogP contribution in [0.2, 0.25) is 0 Å². The molecule has 1 amide bonds. The second kappa shape index (κ2) is 8.90. The molecule has 4 nitrogen and oxygen atoms in total. The summed E-state index contributed by atoms with van der Waals surface area (Å²) in [6.07, 6.45) is 4.78. The van der Waals surface area contributed by atoms with Gasteiger partial charge in [-0.2, -0.15) is 0 Å². The molecule has 2 aliphatic rings. The Kier molecular flexibility index (Phi) is 6.56. The van der Waals surface area contributed by atoms with Crippen molar-refractivity contribution in [3.63, 3.8) is 0 Å². The Bertz CT molecular complexity index is 642. The van der Waals surface area contributed by atoms with Gasteiger partial charge in [0, 0.05) is 6.42 Å². The quantitative estimate of drug-likeness (QED) is 0.803. The van der Waals surface area contributed by atoms with Gasteiger partial charge in [0.15, 0.2) is 5.78 Å². The number of amides is 1. The molecule has 2 fully saturated rings. The molecule has 0 aliphatic heterocycles. The van der Waals surface area contributed by atoms with E-state index in [1.165, 1.54) is 12.0 Å². The minimum absolute atomic E-state index is 0.0441. The molecule has 0 saturated heterocycles. The Labute approximate surface area is 163 Å². The van der Waals surface area contributed by atoms with Gasteiger partial charge in [0.05, 0.1) is 6.04 Å². The van der Waals surface area contributed by atoms with Crippen LogP contribution in [0.4, 0.5) is 4.79 Å². The van der Waals surface area contributed by atoms with Crippen LogP contribution in [-0.4, -0.2) is 24.0 Å². The lowest BCUT2D eigenvalue weighted by molar-refractivity contribution is -0.122. The molecule has 1 N–H and O–H groups in total. The molecular weight excluding hydrogens is 338 g/mol. The summed E-state index contributed by atoms with van der Waals surface area (Å²) in [5.74, 6) is 1.92. The largest absolute Gasteiger partial charge is 0.446 e. The number of benzene rings is 1. The summed E-state index contributed by atoms with van der Waals surface area (Å²) in [7, 11) is 0. The molecule has 0 heterocycles. The minimum Gasteiger partial charge on any atom is -0.446 e. The van der Waals surface area contributed by atoms with Crippen LogP contribution in [0.1, 0.15) is 70.8 Å². The van der Waals surface area contributed by atoms with Gasteiger partial charge in [0.1, 0.15) is 6.10 Å². The zero-order valence-electron chi connectivity index (χ0n) is 16.8. The highest BCUT2D eigenvalue weighted by Crippen LogP contribution is 2.36. The predicted molar refractivity (Wildman–Crippen MR) is 107 cm³/mol. The first kappa shape index (κ1) is 19.9. The van der Waals surface area contributed by atoms with E-state index in [1.54, 1.807) is 0 Å². The number of carbonyl (C=O) groups excluding carboxylic acids is 2. The van der Waals surface area contributed by atoms with Crippen LogP contribution in [0.3, 0.4) is 0 Å². The van der Waals surface area contributed by atoms with Crippen molar-refractivity contribution in [2.75, 3.05) is 0 Å². The Morgan fingerprint density at radius 1 is 1.11 bits per heavy atom. The third-order valence-electron chi connectivity index (χ3n) is 6.43. The maximum Gasteiger partial charge on any atom is 0.408 e. The van der Waals surface area contributed by atoms with Crippen molar-refractivity contribution in [1.29, 1.82) is 0 Å². The third kappa shape index (κ3) is 5.12. The summed E-state index contributed by atoms with van der Waals surface area (Å²) >= 11 is 0. The van der Waals surface area contributed by atoms with Gasteiger partial charge in [-0.05, 0) is 54.9 Å². The van der Waals surface area contributed by atoms with Crippen molar-refractivity contribution < 1.29 is 14.3 Å². The van der Waals surface area contributed by atoms with Crippen molar-refractivity contribution in [2.45, 2.75) is 77.4 Å². The van der Waals surface area contributed by atoms with Crippen molar-refractivity contribution in [3.05, 3.63) is 35.9 Å². The Balaban J connectivity index is 1.59. The van der Waals surface area contributed by atoms with E-state index in [2.05, 4.69) is 38.2 Å². The maximum absolute atomic E-state index is 12.6. The van der Waals surface area contributed by atoms with Gasteiger partial charge in [-0.1, -0.05) is 57.5 Å². The highest BCUT2D eigenvalue weighted by Gasteiger charge is 2.35. The van der Waals surface area contributed by atoms with Gasteiger partial charge < -0.3 is 10.1 Å².